The fraction of sp³-hybridized carbons (Fsp3) is 0.270. The van der Waals surface area contributed by atoms with Gasteiger partial charge < -0.3 is 9.30 Å². The number of benzene rings is 3. The highest BCUT2D eigenvalue weighted by Crippen LogP contribution is 2.32. The molecule has 0 spiro atoms. The van der Waals surface area contributed by atoms with E-state index in [9.17, 15) is 22.2 Å². The molecule has 0 aliphatic heterocycles. The Morgan fingerprint density at radius 1 is 1.06 bits per heavy atom. The van der Waals surface area contributed by atoms with Crippen molar-refractivity contribution in [1.29, 1.82) is 0 Å². The van der Waals surface area contributed by atoms with E-state index < -0.39 is 39.1 Å². The lowest BCUT2D eigenvalue weighted by atomic mass is 9.94. The van der Waals surface area contributed by atoms with Crippen LogP contribution in [0.5, 0.6) is 5.88 Å². The first-order valence-electron chi connectivity index (χ1n) is 15.7. The molecule has 5 aromatic rings. The standard InChI is InChI=1S/C37H33F4N5O3S/c1-37(2,36(40)41)21-46-32-17-24(35(47)45-50(4,48)27-13-14-27)11-15-31(32)43-33(46)18-22-8-9-23(16-28(22)38)30-6-5-7-34(44-30)49-20-25-10-12-26(42-3)19-29(25)39/h5-12,15-17,19,27,36H,4,13-14,18,20-21H2,1-2H3,(H,45,47,48). The van der Waals surface area contributed by atoms with Gasteiger partial charge in [-0.25, -0.2) is 36.6 Å². The van der Waals surface area contributed by atoms with Crippen LogP contribution in [0.1, 0.15) is 54.0 Å². The quantitative estimate of drug-likeness (QED) is 0.0811. The van der Waals surface area contributed by atoms with E-state index in [1.165, 1.54) is 44.2 Å². The molecule has 1 amide bonds. The largest absolute Gasteiger partial charge is 0.473 e. The summed E-state index contributed by atoms with van der Waals surface area (Å²) in [4.78, 5) is 25.3. The van der Waals surface area contributed by atoms with Crippen molar-refractivity contribution >= 4 is 38.2 Å². The number of ether oxygens (including phenoxy) is 1. The van der Waals surface area contributed by atoms with Crippen molar-refractivity contribution in [3.05, 3.63) is 118 Å². The van der Waals surface area contributed by atoms with Crippen LogP contribution in [0, 0.1) is 23.6 Å². The number of carbonyl (C=O) groups excluding carboxylic acids is 1. The van der Waals surface area contributed by atoms with Gasteiger partial charge >= 0.3 is 0 Å². The van der Waals surface area contributed by atoms with Gasteiger partial charge in [0.15, 0.2) is 5.69 Å². The molecule has 13 heteroatoms. The Labute approximate surface area is 287 Å². The average Bonchev–Trinajstić information content (AvgIpc) is 3.90. The minimum atomic E-state index is -2.82. The number of rotatable bonds is 12. The predicted octanol–water partition coefficient (Wildman–Crippen LogP) is 7.91. The number of alkyl halides is 2. The highest BCUT2D eigenvalue weighted by molar-refractivity contribution is 7.99. The number of carbonyl (C=O) groups is 1. The molecule has 258 valence electrons. The molecule has 1 saturated carbocycles. The van der Waals surface area contributed by atoms with Gasteiger partial charge in [0.1, 0.15) is 24.1 Å². The van der Waals surface area contributed by atoms with Gasteiger partial charge in [-0.3, -0.25) is 9.52 Å². The third kappa shape index (κ3) is 7.50. The van der Waals surface area contributed by atoms with Crippen LogP contribution < -0.4 is 9.46 Å². The number of amides is 1. The van der Waals surface area contributed by atoms with Crippen molar-refractivity contribution in [3.8, 4) is 17.1 Å². The fourth-order valence-electron chi connectivity index (χ4n) is 5.40. The Hall–Kier alpha value is -5.22. The summed E-state index contributed by atoms with van der Waals surface area (Å²) in [6.07, 6.45) is -1.27. The van der Waals surface area contributed by atoms with Crippen LogP contribution in [-0.4, -0.2) is 42.2 Å². The molecule has 3 aromatic carbocycles. The third-order valence-corrected chi connectivity index (χ3v) is 10.6. The summed E-state index contributed by atoms with van der Waals surface area (Å²) in [5.41, 5.74) is 1.06. The normalized spacial score (nSPS) is 14.4. The molecule has 1 fully saturated rings. The van der Waals surface area contributed by atoms with Crippen molar-refractivity contribution < 1.29 is 31.3 Å². The summed E-state index contributed by atoms with van der Waals surface area (Å²) in [6.45, 7) is 9.55. The zero-order chi connectivity index (χ0) is 35.8. The van der Waals surface area contributed by atoms with E-state index >= 15 is 4.39 Å². The SMILES string of the molecule is [C-]#[N+]c1ccc(COc2cccc(-c3ccc(Cc4nc5ccc(C(=O)NS(=C)(=O)C6CC6)cc5n4CC(C)(C)C(F)F)c(F)c3)n2)c(F)c1. The lowest BCUT2D eigenvalue weighted by Gasteiger charge is -2.25. The van der Waals surface area contributed by atoms with E-state index in [4.69, 9.17) is 11.3 Å². The van der Waals surface area contributed by atoms with Gasteiger partial charge in [0.05, 0.1) is 33.0 Å². The molecule has 50 heavy (non-hydrogen) atoms. The van der Waals surface area contributed by atoms with E-state index in [1.807, 2.05) is 0 Å². The number of pyridine rings is 1. The molecule has 0 bridgehead atoms. The lowest BCUT2D eigenvalue weighted by molar-refractivity contribution is 0.00858. The van der Waals surface area contributed by atoms with Crippen molar-refractivity contribution in [1.82, 2.24) is 19.3 Å². The molecular formula is C37H33F4N5O3S. The van der Waals surface area contributed by atoms with E-state index in [2.05, 4.69) is 25.4 Å². The van der Waals surface area contributed by atoms with Crippen LogP contribution in [0.3, 0.4) is 0 Å². The zero-order valence-corrected chi connectivity index (χ0v) is 28.1. The Balaban J connectivity index is 1.26. The fourth-order valence-corrected chi connectivity index (χ4v) is 6.90. The zero-order valence-electron chi connectivity index (χ0n) is 27.3. The highest BCUT2D eigenvalue weighted by Gasteiger charge is 2.33. The third-order valence-electron chi connectivity index (χ3n) is 8.54. The molecule has 0 saturated heterocycles. The second kappa shape index (κ2) is 13.6. The van der Waals surface area contributed by atoms with Crippen LogP contribution in [0.2, 0.25) is 0 Å². The van der Waals surface area contributed by atoms with Gasteiger partial charge in [-0.15, -0.1) is 0 Å². The maximum Gasteiger partial charge on any atom is 0.262 e. The molecule has 1 aliphatic carbocycles. The molecule has 1 unspecified atom stereocenters. The predicted molar refractivity (Wildman–Crippen MR) is 185 cm³/mol. The summed E-state index contributed by atoms with van der Waals surface area (Å²) in [6, 6.07) is 18.2. The second-order valence-electron chi connectivity index (χ2n) is 13.0. The lowest BCUT2D eigenvalue weighted by Crippen LogP contribution is -2.33. The van der Waals surface area contributed by atoms with Crippen LogP contribution in [0.15, 0.2) is 72.8 Å². The smallest absolute Gasteiger partial charge is 0.262 e. The summed E-state index contributed by atoms with van der Waals surface area (Å²) in [7, 11) is -2.82. The summed E-state index contributed by atoms with van der Waals surface area (Å²) in [5, 5.41) is -0.166. The molecule has 1 aliphatic rings. The molecule has 0 radical (unpaired) electrons. The molecule has 1 atom stereocenters. The molecule has 1 N–H and O–H groups in total. The van der Waals surface area contributed by atoms with Crippen LogP contribution >= 0.6 is 0 Å². The van der Waals surface area contributed by atoms with Crippen LogP contribution in [-0.2, 0) is 29.3 Å². The number of halogens is 4. The number of hydrogen-bond donors (Lipinski definition) is 1. The number of hydrogen-bond acceptors (Lipinski definition) is 5. The minimum absolute atomic E-state index is 0.0372. The van der Waals surface area contributed by atoms with Gasteiger partial charge in [-0.05, 0) is 60.7 Å². The number of aromatic nitrogens is 3. The summed E-state index contributed by atoms with van der Waals surface area (Å²) < 4.78 is 80.7. The van der Waals surface area contributed by atoms with Crippen LogP contribution in [0.25, 0.3) is 27.1 Å². The molecule has 2 heterocycles. The first-order chi connectivity index (χ1) is 23.7. The molecule has 6 rings (SSSR count). The number of imidazole rings is 1. The Morgan fingerprint density at radius 2 is 1.80 bits per heavy atom. The second-order valence-corrected chi connectivity index (χ2v) is 15.3. The number of nitrogens with one attached hydrogen (secondary N) is 1. The van der Waals surface area contributed by atoms with Crippen molar-refractivity contribution in [2.24, 2.45) is 5.41 Å². The van der Waals surface area contributed by atoms with E-state index in [0.717, 1.165) is 18.9 Å². The van der Waals surface area contributed by atoms with E-state index in [-0.39, 0.29) is 53.1 Å². The first-order valence-corrected chi connectivity index (χ1v) is 17.5. The Bertz CT molecular complexity index is 2260. The number of nitrogens with zero attached hydrogens (tertiary/aromatic N) is 4. The first kappa shape index (κ1) is 34.6. The van der Waals surface area contributed by atoms with E-state index in [1.54, 1.807) is 41.0 Å². The summed E-state index contributed by atoms with van der Waals surface area (Å²) in [5.74, 6) is 2.47. The Morgan fingerprint density at radius 3 is 2.48 bits per heavy atom. The van der Waals surface area contributed by atoms with Crippen molar-refractivity contribution in [2.45, 2.75) is 57.9 Å². The Kier molecular flexibility index (Phi) is 9.41. The monoisotopic (exact) mass is 703 g/mol. The molecule has 2 aromatic heterocycles. The average molecular weight is 704 g/mol. The van der Waals surface area contributed by atoms with E-state index in [0.29, 0.717) is 28.1 Å². The summed E-state index contributed by atoms with van der Waals surface area (Å²) >= 11 is 0. The van der Waals surface area contributed by atoms with Gasteiger partial charge in [-0.1, -0.05) is 44.2 Å². The van der Waals surface area contributed by atoms with Gasteiger partial charge in [0.2, 0.25) is 12.3 Å². The topological polar surface area (TPSA) is 90.5 Å². The highest BCUT2D eigenvalue weighted by atomic mass is 32.2. The van der Waals surface area contributed by atoms with Crippen molar-refractivity contribution in [3.63, 3.8) is 0 Å². The van der Waals surface area contributed by atoms with Gasteiger partial charge in [0.25, 0.3) is 5.91 Å². The maximum absolute atomic E-state index is 15.7. The van der Waals surface area contributed by atoms with Crippen molar-refractivity contribution in [2.75, 3.05) is 0 Å². The minimum Gasteiger partial charge on any atom is -0.473 e. The molecular weight excluding hydrogens is 670 g/mol. The maximum atomic E-state index is 15.7. The van der Waals surface area contributed by atoms with Gasteiger partial charge in [0, 0.05) is 46.4 Å². The van der Waals surface area contributed by atoms with Gasteiger partial charge in [-0.2, -0.15) is 0 Å². The molecule has 8 nitrogen and oxygen atoms in total. The number of fused-ring (bicyclic) bond motifs is 1. The van der Waals surface area contributed by atoms with Crippen LogP contribution in [0.4, 0.5) is 23.2 Å².